The van der Waals surface area contributed by atoms with Crippen LogP contribution in [-0.4, -0.2) is 6.26 Å². The molecule has 0 nitrogen and oxygen atoms in total. The minimum absolute atomic E-state index is 0.167. The highest BCUT2D eigenvalue weighted by molar-refractivity contribution is 7.97. The van der Waals surface area contributed by atoms with E-state index in [1.165, 1.54) is 30.0 Å². The second kappa shape index (κ2) is 3.72. The number of hydrogen-bond donors (Lipinski definition) is 0. The van der Waals surface area contributed by atoms with Gasteiger partial charge < -0.3 is 0 Å². The van der Waals surface area contributed by atoms with Crippen molar-refractivity contribution in [2.24, 2.45) is 0 Å². The normalized spacial score (nSPS) is 10.1. The Morgan fingerprint density at radius 3 is 2.27 bits per heavy atom. The molecule has 3 heteroatoms. The molecule has 1 rings (SSSR count). The fourth-order valence-corrected chi connectivity index (χ4v) is 1.38. The van der Waals surface area contributed by atoms with Crippen LogP contribution in [0.15, 0.2) is 18.2 Å². The van der Waals surface area contributed by atoms with E-state index in [0.29, 0.717) is 5.75 Å². The summed E-state index contributed by atoms with van der Waals surface area (Å²) in [7, 11) is 0. The van der Waals surface area contributed by atoms with Gasteiger partial charge in [-0.15, -0.1) is 0 Å². The fraction of sp³-hybridized carbons (Fsp3) is 0.250. The standard InChI is InChI=1S/C8H8F2S/c1-11-5-6-7(9)3-2-4-8(6)10/h2-4H,5H2,1H3. The molecule has 0 atom stereocenters. The van der Waals surface area contributed by atoms with Crippen LogP contribution >= 0.6 is 11.8 Å². The molecule has 0 N–H and O–H groups in total. The summed E-state index contributed by atoms with van der Waals surface area (Å²) in [5.74, 6) is -0.530. The maximum absolute atomic E-state index is 12.8. The first kappa shape index (κ1) is 8.53. The Morgan fingerprint density at radius 2 is 1.82 bits per heavy atom. The van der Waals surface area contributed by atoms with Crippen LogP contribution in [0.5, 0.6) is 0 Å². The summed E-state index contributed by atoms with van der Waals surface area (Å²) in [4.78, 5) is 0. The van der Waals surface area contributed by atoms with Gasteiger partial charge in [-0.1, -0.05) is 6.07 Å². The van der Waals surface area contributed by atoms with Gasteiger partial charge in [-0.25, -0.2) is 8.78 Å². The van der Waals surface area contributed by atoms with E-state index in [-0.39, 0.29) is 5.56 Å². The third-order valence-electron chi connectivity index (χ3n) is 1.35. The molecule has 0 heterocycles. The lowest BCUT2D eigenvalue weighted by Crippen LogP contribution is -1.91. The SMILES string of the molecule is CSCc1c(F)cccc1F. The molecule has 1 aromatic carbocycles. The number of thioether (sulfide) groups is 1. The van der Waals surface area contributed by atoms with Crippen molar-refractivity contribution in [3.8, 4) is 0 Å². The van der Waals surface area contributed by atoms with Crippen LogP contribution in [0.2, 0.25) is 0 Å². The minimum atomic E-state index is -0.459. The molecule has 0 aliphatic heterocycles. The summed E-state index contributed by atoms with van der Waals surface area (Å²) in [6, 6.07) is 3.91. The van der Waals surface area contributed by atoms with Crippen molar-refractivity contribution >= 4 is 11.8 Å². The number of hydrogen-bond acceptors (Lipinski definition) is 1. The Hall–Kier alpha value is -0.570. The van der Waals surface area contributed by atoms with Gasteiger partial charge in [0, 0.05) is 11.3 Å². The Labute approximate surface area is 68.6 Å². The van der Waals surface area contributed by atoms with Crippen molar-refractivity contribution in [2.45, 2.75) is 5.75 Å². The Kier molecular flexibility index (Phi) is 2.88. The van der Waals surface area contributed by atoms with Crippen LogP contribution in [-0.2, 0) is 5.75 Å². The molecule has 60 valence electrons. The van der Waals surface area contributed by atoms with Gasteiger partial charge in [-0.2, -0.15) is 11.8 Å². The third kappa shape index (κ3) is 1.93. The summed E-state index contributed by atoms with van der Waals surface area (Å²) in [6.45, 7) is 0. The highest BCUT2D eigenvalue weighted by Crippen LogP contribution is 2.16. The first-order valence-electron chi connectivity index (χ1n) is 3.17. The summed E-state index contributed by atoms with van der Waals surface area (Å²) in [5.41, 5.74) is 0.167. The molecular formula is C8H8F2S. The zero-order valence-corrected chi connectivity index (χ0v) is 6.92. The summed E-state index contributed by atoms with van der Waals surface area (Å²) >= 11 is 1.40. The maximum Gasteiger partial charge on any atom is 0.130 e. The van der Waals surface area contributed by atoms with Gasteiger partial charge in [0.25, 0.3) is 0 Å². The lowest BCUT2D eigenvalue weighted by molar-refractivity contribution is 0.566. The largest absolute Gasteiger partial charge is 0.207 e. The molecule has 0 saturated heterocycles. The quantitative estimate of drug-likeness (QED) is 0.664. The van der Waals surface area contributed by atoms with Crippen molar-refractivity contribution in [2.75, 3.05) is 6.26 Å². The van der Waals surface area contributed by atoms with Crippen LogP contribution in [0.3, 0.4) is 0 Å². The first-order chi connectivity index (χ1) is 5.25. The molecule has 0 fully saturated rings. The first-order valence-corrected chi connectivity index (χ1v) is 4.57. The van der Waals surface area contributed by atoms with E-state index in [9.17, 15) is 8.78 Å². The van der Waals surface area contributed by atoms with E-state index >= 15 is 0 Å². The van der Waals surface area contributed by atoms with Gasteiger partial charge in [-0.05, 0) is 18.4 Å². The molecule has 0 amide bonds. The lowest BCUT2D eigenvalue weighted by Gasteiger charge is -2.00. The van der Waals surface area contributed by atoms with Crippen LogP contribution in [0.25, 0.3) is 0 Å². The van der Waals surface area contributed by atoms with E-state index in [1.807, 2.05) is 6.26 Å². The molecular weight excluding hydrogens is 166 g/mol. The van der Waals surface area contributed by atoms with Gasteiger partial charge in [0.15, 0.2) is 0 Å². The molecule has 0 aliphatic rings. The second-order valence-electron chi connectivity index (χ2n) is 2.13. The average molecular weight is 174 g/mol. The summed E-state index contributed by atoms with van der Waals surface area (Å²) < 4.78 is 25.6. The maximum atomic E-state index is 12.8. The van der Waals surface area contributed by atoms with Crippen LogP contribution in [0, 0.1) is 11.6 Å². The highest BCUT2D eigenvalue weighted by atomic mass is 32.2. The van der Waals surface area contributed by atoms with Crippen molar-refractivity contribution in [1.29, 1.82) is 0 Å². The zero-order valence-electron chi connectivity index (χ0n) is 6.10. The predicted molar refractivity (Wildman–Crippen MR) is 43.6 cm³/mol. The average Bonchev–Trinajstić information content (AvgIpc) is 1.97. The Morgan fingerprint density at radius 1 is 1.27 bits per heavy atom. The summed E-state index contributed by atoms with van der Waals surface area (Å²) in [5, 5.41) is 0. The second-order valence-corrected chi connectivity index (χ2v) is 3.00. The molecule has 0 radical (unpaired) electrons. The van der Waals surface area contributed by atoms with Gasteiger partial charge >= 0.3 is 0 Å². The molecule has 0 spiro atoms. The lowest BCUT2D eigenvalue weighted by atomic mass is 10.2. The van der Waals surface area contributed by atoms with E-state index in [4.69, 9.17) is 0 Å². The third-order valence-corrected chi connectivity index (χ3v) is 1.93. The van der Waals surface area contributed by atoms with Gasteiger partial charge in [0.05, 0.1) is 0 Å². The monoisotopic (exact) mass is 174 g/mol. The van der Waals surface area contributed by atoms with Crippen LogP contribution in [0.1, 0.15) is 5.56 Å². The highest BCUT2D eigenvalue weighted by Gasteiger charge is 2.05. The van der Waals surface area contributed by atoms with E-state index in [2.05, 4.69) is 0 Å². The molecule has 0 saturated carbocycles. The molecule has 11 heavy (non-hydrogen) atoms. The molecule has 0 aromatic heterocycles. The number of benzene rings is 1. The topological polar surface area (TPSA) is 0 Å². The van der Waals surface area contributed by atoms with E-state index in [0.717, 1.165) is 0 Å². The molecule has 0 unspecified atom stereocenters. The van der Waals surface area contributed by atoms with Gasteiger partial charge in [0.1, 0.15) is 11.6 Å². The fourth-order valence-electron chi connectivity index (χ4n) is 0.815. The van der Waals surface area contributed by atoms with Gasteiger partial charge in [0.2, 0.25) is 0 Å². The van der Waals surface area contributed by atoms with Crippen molar-refractivity contribution < 1.29 is 8.78 Å². The van der Waals surface area contributed by atoms with E-state index < -0.39 is 11.6 Å². The number of halogens is 2. The Bertz CT molecular complexity index is 228. The van der Waals surface area contributed by atoms with E-state index in [1.54, 1.807) is 0 Å². The van der Waals surface area contributed by atoms with Crippen molar-refractivity contribution in [3.05, 3.63) is 35.4 Å². The number of rotatable bonds is 2. The molecule has 0 bridgehead atoms. The van der Waals surface area contributed by atoms with Gasteiger partial charge in [-0.3, -0.25) is 0 Å². The molecule has 1 aromatic rings. The smallest absolute Gasteiger partial charge is 0.130 e. The predicted octanol–water partition coefficient (Wildman–Crippen LogP) is 2.83. The minimum Gasteiger partial charge on any atom is -0.207 e. The Balaban J connectivity index is 3.00. The summed E-state index contributed by atoms with van der Waals surface area (Å²) in [6.07, 6.45) is 1.81. The molecule has 0 aliphatic carbocycles. The van der Waals surface area contributed by atoms with Crippen LogP contribution < -0.4 is 0 Å². The van der Waals surface area contributed by atoms with Crippen molar-refractivity contribution in [1.82, 2.24) is 0 Å². The van der Waals surface area contributed by atoms with Crippen LogP contribution in [0.4, 0.5) is 8.78 Å². The zero-order chi connectivity index (χ0) is 8.27. The van der Waals surface area contributed by atoms with Crippen molar-refractivity contribution in [3.63, 3.8) is 0 Å².